The molecule has 0 amide bonds. The van der Waals surface area contributed by atoms with Gasteiger partial charge in [-0.05, 0) is 6.92 Å². The van der Waals surface area contributed by atoms with Gasteiger partial charge in [-0.15, -0.1) is 11.8 Å². The monoisotopic (exact) mass is 139 g/mol. The van der Waals surface area contributed by atoms with Gasteiger partial charge >= 0.3 is 5.97 Å². The lowest BCUT2D eigenvalue weighted by atomic mass is 10.7. The molecule has 54 valence electrons. The van der Waals surface area contributed by atoms with Crippen LogP contribution in [0.2, 0.25) is 0 Å². The molecule has 0 aliphatic heterocycles. The molecule has 0 N–H and O–H groups in total. The van der Waals surface area contributed by atoms with E-state index in [0.717, 1.165) is 6.08 Å². The number of carbonyl (C=O) groups is 1. The molecule has 0 saturated heterocycles. The number of allylic oxidation sites excluding steroid dienone is 1. The van der Waals surface area contributed by atoms with Gasteiger partial charge in [0.1, 0.15) is 0 Å². The van der Waals surface area contributed by atoms with E-state index in [-0.39, 0.29) is 0 Å². The summed E-state index contributed by atoms with van der Waals surface area (Å²) in [6.45, 7) is 8.30. The van der Waals surface area contributed by atoms with E-state index in [9.17, 15) is 4.79 Å². The van der Waals surface area contributed by atoms with Crippen LogP contribution in [0.3, 0.4) is 0 Å². The summed E-state index contributed by atoms with van der Waals surface area (Å²) in [5.74, 6) is -0.720. The predicted octanol–water partition coefficient (Wildman–Crippen LogP) is 1.39. The summed E-state index contributed by atoms with van der Waals surface area (Å²) >= 11 is 0. The van der Waals surface area contributed by atoms with Gasteiger partial charge in [-0.1, -0.05) is 12.7 Å². The summed E-state index contributed by atoms with van der Waals surface area (Å²) in [6.07, 6.45) is 3.87. The van der Waals surface area contributed by atoms with Crippen LogP contribution >= 0.6 is 0 Å². The lowest BCUT2D eigenvalue weighted by Gasteiger charge is -1.77. The standard InChI is InChI=1S/C4H3NO2.C3H6/c1-2-4(6)7-3-5;1-3-2/h2H,1H2;3H,1H2,2H3. The Kier molecular flexibility index (Phi) is 11.7. The van der Waals surface area contributed by atoms with Crippen molar-refractivity contribution < 1.29 is 9.53 Å². The maximum atomic E-state index is 9.85. The highest BCUT2D eigenvalue weighted by Gasteiger charge is 1.87. The van der Waals surface area contributed by atoms with Gasteiger partial charge in [-0.25, -0.2) is 4.79 Å². The second kappa shape index (κ2) is 10.4. The number of nitriles is 1. The summed E-state index contributed by atoms with van der Waals surface area (Å²) in [5, 5.41) is 7.63. The van der Waals surface area contributed by atoms with E-state index in [0.29, 0.717) is 0 Å². The molecule has 0 radical (unpaired) electrons. The maximum Gasteiger partial charge on any atom is 0.345 e. The third-order valence-electron chi connectivity index (χ3n) is 0.313. The van der Waals surface area contributed by atoms with Crippen molar-refractivity contribution in [2.45, 2.75) is 6.92 Å². The van der Waals surface area contributed by atoms with Gasteiger partial charge in [0, 0.05) is 6.08 Å². The molecule has 0 atom stereocenters. The van der Waals surface area contributed by atoms with Gasteiger partial charge in [-0.2, -0.15) is 0 Å². The summed E-state index contributed by atoms with van der Waals surface area (Å²) < 4.78 is 3.74. The molecular formula is C7H9NO2. The van der Waals surface area contributed by atoms with Crippen LogP contribution in [0.15, 0.2) is 25.3 Å². The summed E-state index contributed by atoms with van der Waals surface area (Å²) in [6, 6.07) is 0. The first kappa shape index (κ1) is 11.3. The zero-order valence-corrected chi connectivity index (χ0v) is 5.83. The smallest absolute Gasteiger partial charge is 0.345 e. The minimum Gasteiger partial charge on any atom is -0.347 e. The number of hydrogen-bond acceptors (Lipinski definition) is 3. The number of ether oxygens (including phenoxy) is 1. The van der Waals surface area contributed by atoms with E-state index >= 15 is 0 Å². The fourth-order valence-electron chi connectivity index (χ4n) is 0.0867. The minimum absolute atomic E-state index is 0.720. The average molecular weight is 139 g/mol. The summed E-state index contributed by atoms with van der Waals surface area (Å²) in [7, 11) is 0. The van der Waals surface area contributed by atoms with Crippen molar-refractivity contribution in [2.75, 3.05) is 0 Å². The highest BCUT2D eigenvalue weighted by molar-refractivity contribution is 5.81. The highest BCUT2D eigenvalue weighted by Crippen LogP contribution is 1.71. The molecule has 0 rings (SSSR count). The summed E-state index contributed by atoms with van der Waals surface area (Å²) in [4.78, 5) is 9.85. The topological polar surface area (TPSA) is 50.1 Å². The number of nitrogens with zero attached hydrogens (tertiary/aromatic N) is 1. The van der Waals surface area contributed by atoms with Gasteiger partial charge in [0.15, 0.2) is 0 Å². The molecule has 0 aliphatic carbocycles. The van der Waals surface area contributed by atoms with Crippen molar-refractivity contribution in [3.05, 3.63) is 25.3 Å². The molecule has 0 aromatic carbocycles. The molecule has 0 heterocycles. The van der Waals surface area contributed by atoms with Crippen LogP contribution in [0, 0.1) is 11.5 Å². The van der Waals surface area contributed by atoms with E-state index < -0.39 is 5.97 Å². The molecule has 3 nitrogen and oxygen atoms in total. The van der Waals surface area contributed by atoms with Gasteiger partial charge in [-0.3, -0.25) is 0 Å². The third-order valence-corrected chi connectivity index (χ3v) is 0.313. The van der Waals surface area contributed by atoms with E-state index in [2.05, 4.69) is 17.9 Å². The van der Waals surface area contributed by atoms with Gasteiger partial charge in [0.2, 0.25) is 0 Å². The number of hydrogen-bond donors (Lipinski definition) is 0. The van der Waals surface area contributed by atoms with Crippen LogP contribution in [-0.4, -0.2) is 5.97 Å². The number of carbonyl (C=O) groups excluding carboxylic acids is 1. The Labute approximate surface area is 60.2 Å². The number of rotatable bonds is 1. The minimum atomic E-state index is -0.720. The Morgan fingerprint density at radius 2 is 2.10 bits per heavy atom. The van der Waals surface area contributed by atoms with Crippen molar-refractivity contribution in [1.82, 2.24) is 0 Å². The van der Waals surface area contributed by atoms with Crippen LogP contribution in [0.4, 0.5) is 0 Å². The first-order valence-corrected chi connectivity index (χ1v) is 2.52. The Morgan fingerprint density at radius 1 is 1.70 bits per heavy atom. The lowest BCUT2D eigenvalue weighted by Crippen LogP contribution is -1.91. The van der Waals surface area contributed by atoms with E-state index in [1.165, 1.54) is 6.26 Å². The molecule has 0 fully saturated rings. The molecule has 0 spiro atoms. The van der Waals surface area contributed by atoms with Crippen LogP contribution in [0.5, 0.6) is 0 Å². The van der Waals surface area contributed by atoms with Gasteiger partial charge in [0.25, 0.3) is 6.26 Å². The molecule has 0 unspecified atom stereocenters. The highest BCUT2D eigenvalue weighted by atomic mass is 16.5. The third kappa shape index (κ3) is 16.1. The van der Waals surface area contributed by atoms with E-state index in [1.807, 2.05) is 6.92 Å². The second-order valence-corrected chi connectivity index (χ2v) is 1.12. The molecule has 0 aromatic heterocycles. The summed E-state index contributed by atoms with van der Waals surface area (Å²) in [5.41, 5.74) is 0. The Bertz CT molecular complexity index is 155. The molecule has 3 heteroatoms. The average Bonchev–Trinajstić information content (AvgIpc) is 1.90. The van der Waals surface area contributed by atoms with Gasteiger partial charge in [0.05, 0.1) is 0 Å². The van der Waals surface area contributed by atoms with Crippen molar-refractivity contribution in [1.29, 1.82) is 5.26 Å². The Balaban J connectivity index is 0. The van der Waals surface area contributed by atoms with Crippen LogP contribution in [0.25, 0.3) is 0 Å². The lowest BCUT2D eigenvalue weighted by molar-refractivity contribution is -0.131. The molecule has 0 saturated carbocycles. The van der Waals surface area contributed by atoms with Gasteiger partial charge < -0.3 is 4.74 Å². The van der Waals surface area contributed by atoms with E-state index in [4.69, 9.17) is 5.26 Å². The number of esters is 1. The van der Waals surface area contributed by atoms with Crippen molar-refractivity contribution in [3.63, 3.8) is 0 Å². The molecular weight excluding hydrogens is 130 g/mol. The Hall–Kier alpha value is -1.56. The predicted molar refractivity (Wildman–Crippen MR) is 37.8 cm³/mol. The van der Waals surface area contributed by atoms with Crippen molar-refractivity contribution in [3.8, 4) is 6.26 Å². The van der Waals surface area contributed by atoms with E-state index in [1.54, 1.807) is 6.08 Å². The Morgan fingerprint density at radius 3 is 2.20 bits per heavy atom. The fraction of sp³-hybridized carbons (Fsp3) is 0.143. The normalized spacial score (nSPS) is 5.60. The quantitative estimate of drug-likeness (QED) is 0.239. The fourth-order valence-corrected chi connectivity index (χ4v) is 0.0867. The maximum absolute atomic E-state index is 9.85. The first-order chi connectivity index (χ1) is 4.72. The van der Waals surface area contributed by atoms with Crippen molar-refractivity contribution >= 4 is 5.97 Å². The van der Waals surface area contributed by atoms with Crippen molar-refractivity contribution in [2.24, 2.45) is 0 Å². The largest absolute Gasteiger partial charge is 0.347 e. The van der Waals surface area contributed by atoms with Crippen LogP contribution in [-0.2, 0) is 9.53 Å². The zero-order chi connectivity index (χ0) is 8.41. The molecule has 0 aliphatic rings. The van der Waals surface area contributed by atoms with Crippen LogP contribution < -0.4 is 0 Å². The SMILES string of the molecule is C=CC.C=CC(=O)OC#N. The van der Waals surface area contributed by atoms with Crippen LogP contribution in [0.1, 0.15) is 6.92 Å². The first-order valence-electron chi connectivity index (χ1n) is 2.52. The zero-order valence-electron chi connectivity index (χ0n) is 5.83. The molecule has 0 aromatic rings. The molecule has 10 heavy (non-hydrogen) atoms. The second-order valence-electron chi connectivity index (χ2n) is 1.12. The molecule has 0 bridgehead atoms.